The molecule has 0 fully saturated rings. The second-order valence-electron chi connectivity index (χ2n) is 2.10. The van der Waals surface area contributed by atoms with Gasteiger partial charge in [-0.3, -0.25) is 0 Å². The van der Waals surface area contributed by atoms with Gasteiger partial charge in [-0.2, -0.15) is 0 Å². The van der Waals surface area contributed by atoms with Crippen molar-refractivity contribution in [3.8, 4) is 0 Å². The summed E-state index contributed by atoms with van der Waals surface area (Å²) in [6, 6.07) is -0.722. The molecule has 0 saturated heterocycles. The molecule has 0 saturated carbocycles. The summed E-state index contributed by atoms with van der Waals surface area (Å²) in [7, 11) is 0. The molecule has 0 bridgehead atoms. The SMILES string of the molecule is CC(C(=O)O)n1cnc(N)n1. The lowest BCUT2D eigenvalue weighted by atomic mass is 10.4. The summed E-state index contributed by atoms with van der Waals surface area (Å²) in [4.78, 5) is 14.0. The lowest BCUT2D eigenvalue weighted by Crippen LogP contribution is -2.16. The predicted molar refractivity (Wildman–Crippen MR) is 36.8 cm³/mol. The van der Waals surface area contributed by atoms with E-state index in [1.807, 2.05) is 0 Å². The number of carbonyl (C=O) groups is 1. The van der Waals surface area contributed by atoms with Crippen LogP contribution in [-0.2, 0) is 4.79 Å². The van der Waals surface area contributed by atoms with E-state index < -0.39 is 12.0 Å². The highest BCUT2D eigenvalue weighted by Crippen LogP contribution is 2.02. The Balaban J connectivity index is 2.84. The van der Waals surface area contributed by atoms with E-state index in [0.717, 1.165) is 0 Å². The van der Waals surface area contributed by atoms with Gasteiger partial charge in [-0.15, -0.1) is 5.10 Å². The number of rotatable bonds is 2. The third-order valence-corrected chi connectivity index (χ3v) is 1.28. The van der Waals surface area contributed by atoms with Gasteiger partial charge in [0.1, 0.15) is 12.4 Å². The van der Waals surface area contributed by atoms with Crippen LogP contribution in [-0.4, -0.2) is 25.8 Å². The first-order chi connectivity index (χ1) is 5.11. The Kier molecular flexibility index (Phi) is 1.75. The molecule has 60 valence electrons. The molecule has 0 amide bonds. The van der Waals surface area contributed by atoms with Crippen molar-refractivity contribution in [2.75, 3.05) is 5.73 Å². The van der Waals surface area contributed by atoms with Gasteiger partial charge in [0, 0.05) is 0 Å². The van der Waals surface area contributed by atoms with Crippen molar-refractivity contribution in [2.45, 2.75) is 13.0 Å². The van der Waals surface area contributed by atoms with Crippen molar-refractivity contribution in [1.29, 1.82) is 0 Å². The molecule has 1 atom stereocenters. The molecule has 11 heavy (non-hydrogen) atoms. The molecule has 1 unspecified atom stereocenters. The molecule has 0 aromatic carbocycles. The number of hydrogen-bond donors (Lipinski definition) is 2. The zero-order valence-corrected chi connectivity index (χ0v) is 5.93. The van der Waals surface area contributed by atoms with E-state index in [1.54, 1.807) is 0 Å². The maximum absolute atomic E-state index is 10.4. The van der Waals surface area contributed by atoms with E-state index in [-0.39, 0.29) is 5.95 Å². The average Bonchev–Trinajstić information content (AvgIpc) is 2.34. The highest BCUT2D eigenvalue weighted by Gasteiger charge is 2.13. The summed E-state index contributed by atoms with van der Waals surface area (Å²) in [6.07, 6.45) is 1.29. The van der Waals surface area contributed by atoms with Gasteiger partial charge >= 0.3 is 5.97 Å². The highest BCUT2D eigenvalue weighted by atomic mass is 16.4. The summed E-state index contributed by atoms with van der Waals surface area (Å²) in [6.45, 7) is 1.50. The number of hydrogen-bond acceptors (Lipinski definition) is 4. The van der Waals surface area contributed by atoms with Gasteiger partial charge in [-0.1, -0.05) is 0 Å². The summed E-state index contributed by atoms with van der Waals surface area (Å²) in [5, 5.41) is 12.1. The number of carboxylic acid groups (broad SMARTS) is 1. The molecule has 6 heteroatoms. The quantitative estimate of drug-likeness (QED) is 0.602. The summed E-state index contributed by atoms with van der Waals surface area (Å²) in [5.41, 5.74) is 5.18. The third-order valence-electron chi connectivity index (χ3n) is 1.28. The second-order valence-corrected chi connectivity index (χ2v) is 2.10. The van der Waals surface area contributed by atoms with Crippen molar-refractivity contribution in [2.24, 2.45) is 0 Å². The largest absolute Gasteiger partial charge is 0.480 e. The van der Waals surface area contributed by atoms with Gasteiger partial charge in [-0.05, 0) is 6.92 Å². The summed E-state index contributed by atoms with van der Waals surface area (Å²) < 4.78 is 1.19. The maximum Gasteiger partial charge on any atom is 0.328 e. The Morgan fingerprint density at radius 3 is 2.91 bits per heavy atom. The second kappa shape index (κ2) is 2.57. The highest BCUT2D eigenvalue weighted by molar-refractivity contribution is 5.71. The van der Waals surface area contributed by atoms with Crippen LogP contribution in [0.1, 0.15) is 13.0 Å². The molecule has 1 aromatic heterocycles. The molecule has 1 aromatic rings. The minimum absolute atomic E-state index is 0.0816. The minimum Gasteiger partial charge on any atom is -0.480 e. The van der Waals surface area contributed by atoms with Crippen LogP contribution in [0.5, 0.6) is 0 Å². The average molecular weight is 156 g/mol. The van der Waals surface area contributed by atoms with Gasteiger partial charge in [0.25, 0.3) is 0 Å². The normalized spacial score (nSPS) is 12.8. The van der Waals surface area contributed by atoms with Crippen LogP contribution in [0.4, 0.5) is 5.95 Å². The van der Waals surface area contributed by atoms with E-state index >= 15 is 0 Å². The van der Waals surface area contributed by atoms with Crippen molar-refractivity contribution in [3.05, 3.63) is 6.33 Å². The first-order valence-corrected chi connectivity index (χ1v) is 3.00. The van der Waals surface area contributed by atoms with E-state index in [9.17, 15) is 4.79 Å². The zero-order valence-electron chi connectivity index (χ0n) is 5.93. The van der Waals surface area contributed by atoms with Crippen molar-refractivity contribution < 1.29 is 9.90 Å². The number of anilines is 1. The van der Waals surface area contributed by atoms with E-state index in [2.05, 4.69) is 10.1 Å². The van der Waals surface area contributed by atoms with Gasteiger partial charge in [-0.25, -0.2) is 14.5 Å². The first kappa shape index (κ1) is 7.52. The zero-order chi connectivity index (χ0) is 8.43. The standard InChI is InChI=1S/C5H8N4O2/c1-3(4(10)11)9-2-7-5(6)8-9/h2-3H,1H3,(H2,6,8)(H,10,11). The Hall–Kier alpha value is -1.59. The minimum atomic E-state index is -0.963. The lowest BCUT2D eigenvalue weighted by Gasteiger charge is -2.03. The Labute approximate surface area is 62.6 Å². The number of aliphatic carboxylic acids is 1. The molecule has 0 aliphatic rings. The van der Waals surface area contributed by atoms with Crippen LogP contribution >= 0.6 is 0 Å². The Morgan fingerprint density at radius 2 is 2.55 bits per heavy atom. The topological polar surface area (TPSA) is 94.0 Å². The summed E-state index contributed by atoms with van der Waals surface area (Å²) in [5.74, 6) is -0.881. The van der Waals surface area contributed by atoms with Crippen LogP contribution < -0.4 is 5.73 Å². The molecule has 1 heterocycles. The molecule has 0 aliphatic heterocycles. The number of nitrogen functional groups attached to an aromatic ring is 1. The van der Waals surface area contributed by atoms with Crippen molar-refractivity contribution >= 4 is 11.9 Å². The number of nitrogens with zero attached hydrogens (tertiary/aromatic N) is 3. The molecule has 0 spiro atoms. The van der Waals surface area contributed by atoms with Crippen LogP contribution in [0.25, 0.3) is 0 Å². The fraction of sp³-hybridized carbons (Fsp3) is 0.400. The Morgan fingerprint density at radius 1 is 1.91 bits per heavy atom. The van der Waals surface area contributed by atoms with E-state index in [0.29, 0.717) is 0 Å². The smallest absolute Gasteiger partial charge is 0.328 e. The van der Waals surface area contributed by atoms with Gasteiger partial charge in [0.2, 0.25) is 5.95 Å². The maximum atomic E-state index is 10.4. The molecule has 0 aliphatic carbocycles. The Bertz CT molecular complexity index is 269. The van der Waals surface area contributed by atoms with Crippen LogP contribution in [0.15, 0.2) is 6.33 Å². The van der Waals surface area contributed by atoms with Gasteiger partial charge < -0.3 is 10.8 Å². The van der Waals surface area contributed by atoms with E-state index in [4.69, 9.17) is 10.8 Å². The number of nitrogens with two attached hydrogens (primary N) is 1. The molecule has 1 rings (SSSR count). The first-order valence-electron chi connectivity index (χ1n) is 3.00. The molecular formula is C5H8N4O2. The van der Waals surface area contributed by atoms with Gasteiger partial charge in [0.15, 0.2) is 0 Å². The number of carboxylic acids is 1. The predicted octanol–water partition coefficient (Wildman–Crippen LogP) is -0.494. The third kappa shape index (κ3) is 1.46. The molecule has 0 radical (unpaired) electrons. The fourth-order valence-electron chi connectivity index (χ4n) is 0.588. The van der Waals surface area contributed by atoms with Crippen LogP contribution in [0, 0.1) is 0 Å². The molecule has 6 nitrogen and oxygen atoms in total. The van der Waals surface area contributed by atoms with E-state index in [1.165, 1.54) is 17.9 Å². The molecule has 3 N–H and O–H groups in total. The summed E-state index contributed by atoms with van der Waals surface area (Å²) >= 11 is 0. The van der Waals surface area contributed by atoms with Crippen LogP contribution in [0.2, 0.25) is 0 Å². The van der Waals surface area contributed by atoms with Gasteiger partial charge in [0.05, 0.1) is 0 Å². The van der Waals surface area contributed by atoms with Crippen molar-refractivity contribution in [1.82, 2.24) is 14.8 Å². The van der Waals surface area contributed by atoms with Crippen LogP contribution in [0.3, 0.4) is 0 Å². The monoisotopic (exact) mass is 156 g/mol. The van der Waals surface area contributed by atoms with Crippen molar-refractivity contribution in [3.63, 3.8) is 0 Å². The molecular weight excluding hydrogens is 148 g/mol. The number of aromatic nitrogens is 3. The fourth-order valence-corrected chi connectivity index (χ4v) is 0.588. The lowest BCUT2D eigenvalue weighted by molar-refractivity contribution is -0.140.